The van der Waals surface area contributed by atoms with Crippen LogP contribution in [0.5, 0.6) is 0 Å². The smallest absolute Gasteiger partial charge is 0.193 e. The van der Waals surface area contributed by atoms with Crippen LogP contribution in [-0.2, 0) is 6.54 Å². The molecule has 0 aliphatic heterocycles. The van der Waals surface area contributed by atoms with Gasteiger partial charge in [-0.1, -0.05) is 54.6 Å². The predicted octanol–water partition coefficient (Wildman–Crippen LogP) is 5.85. The second-order valence-electron chi connectivity index (χ2n) is 6.36. The lowest BCUT2D eigenvalue weighted by molar-refractivity contribution is 0.103. The van der Waals surface area contributed by atoms with Crippen molar-refractivity contribution in [2.75, 3.05) is 6.54 Å². The van der Waals surface area contributed by atoms with Gasteiger partial charge in [0.15, 0.2) is 5.78 Å². The number of nitrogens with one attached hydrogen (secondary N) is 1. The van der Waals surface area contributed by atoms with Crippen molar-refractivity contribution >= 4 is 28.4 Å². The highest BCUT2D eigenvalue weighted by Crippen LogP contribution is 2.22. The quantitative estimate of drug-likeness (QED) is 0.195. The van der Waals surface area contributed by atoms with Crippen molar-refractivity contribution in [3.63, 3.8) is 0 Å². The molecule has 3 aromatic rings. The molecule has 1 N–H and O–H groups in total. The summed E-state index contributed by atoms with van der Waals surface area (Å²) in [4.78, 5) is 12.6. The summed E-state index contributed by atoms with van der Waals surface area (Å²) in [5.41, 5.74) is 4.95. The summed E-state index contributed by atoms with van der Waals surface area (Å²) in [7, 11) is 0. The van der Waals surface area contributed by atoms with Crippen LogP contribution >= 0.6 is 22.6 Å². The minimum atomic E-state index is 0.0545. The van der Waals surface area contributed by atoms with Crippen LogP contribution in [0.25, 0.3) is 11.1 Å². The van der Waals surface area contributed by atoms with Crippen LogP contribution in [0.3, 0.4) is 0 Å². The highest BCUT2D eigenvalue weighted by atomic mass is 127. The Kier molecular flexibility index (Phi) is 6.96. The van der Waals surface area contributed by atoms with Crippen LogP contribution in [0.15, 0.2) is 85.5 Å². The molecule has 3 heteroatoms. The van der Waals surface area contributed by atoms with Crippen molar-refractivity contribution in [3.05, 3.63) is 106 Å². The van der Waals surface area contributed by atoms with Crippen LogP contribution in [-0.4, -0.2) is 12.3 Å². The fourth-order valence-electron chi connectivity index (χ4n) is 2.83. The SMILES string of the molecule is C=CCCNCc1ccc(-c2ccc(C(=O)c3ccc(I)cc3)cc2)cc1. The zero-order valence-corrected chi connectivity index (χ0v) is 17.3. The maximum absolute atomic E-state index is 12.6. The van der Waals surface area contributed by atoms with E-state index in [0.29, 0.717) is 5.56 Å². The van der Waals surface area contributed by atoms with Crippen LogP contribution in [0.4, 0.5) is 0 Å². The molecule has 0 fully saturated rings. The van der Waals surface area contributed by atoms with E-state index in [4.69, 9.17) is 0 Å². The molecule has 0 spiro atoms. The van der Waals surface area contributed by atoms with Gasteiger partial charge in [0, 0.05) is 21.2 Å². The molecule has 3 aromatic carbocycles. The summed E-state index contributed by atoms with van der Waals surface area (Å²) in [6.07, 6.45) is 2.90. The van der Waals surface area contributed by atoms with E-state index in [9.17, 15) is 4.79 Å². The molecule has 0 aliphatic carbocycles. The molecule has 0 saturated heterocycles. The molecule has 0 unspecified atom stereocenters. The molecule has 2 nitrogen and oxygen atoms in total. The zero-order valence-electron chi connectivity index (χ0n) is 15.1. The van der Waals surface area contributed by atoms with E-state index in [1.807, 2.05) is 54.6 Å². The summed E-state index contributed by atoms with van der Waals surface area (Å²) in [5.74, 6) is 0.0545. The standard InChI is InChI=1S/C24H22INO/c1-2-3-16-26-17-18-4-6-19(7-5-18)20-8-10-21(11-9-20)24(27)22-12-14-23(25)15-13-22/h2,4-15,26H,1,3,16-17H2. The summed E-state index contributed by atoms with van der Waals surface area (Å²) in [6.45, 7) is 5.53. The summed E-state index contributed by atoms with van der Waals surface area (Å²) < 4.78 is 1.12. The zero-order chi connectivity index (χ0) is 19.1. The van der Waals surface area contributed by atoms with Gasteiger partial charge in [0.25, 0.3) is 0 Å². The molecule has 0 atom stereocenters. The predicted molar refractivity (Wildman–Crippen MR) is 121 cm³/mol. The molecular weight excluding hydrogens is 445 g/mol. The monoisotopic (exact) mass is 467 g/mol. The lowest BCUT2D eigenvalue weighted by Crippen LogP contribution is -2.13. The van der Waals surface area contributed by atoms with Crippen molar-refractivity contribution in [1.82, 2.24) is 5.32 Å². The largest absolute Gasteiger partial charge is 0.312 e. The molecule has 0 bridgehead atoms. The van der Waals surface area contributed by atoms with Gasteiger partial charge >= 0.3 is 0 Å². The van der Waals surface area contributed by atoms with Gasteiger partial charge in [-0.05, 0) is 76.5 Å². The highest BCUT2D eigenvalue weighted by Gasteiger charge is 2.09. The maximum Gasteiger partial charge on any atom is 0.193 e. The van der Waals surface area contributed by atoms with E-state index < -0.39 is 0 Å². The van der Waals surface area contributed by atoms with Crippen LogP contribution < -0.4 is 5.32 Å². The minimum absolute atomic E-state index is 0.0545. The van der Waals surface area contributed by atoms with Crippen molar-refractivity contribution in [2.45, 2.75) is 13.0 Å². The minimum Gasteiger partial charge on any atom is -0.312 e. The number of carbonyl (C=O) groups excluding carboxylic acids is 1. The van der Waals surface area contributed by atoms with Gasteiger partial charge in [0.05, 0.1) is 0 Å². The molecule has 0 aromatic heterocycles. The first-order chi connectivity index (χ1) is 13.2. The van der Waals surface area contributed by atoms with Crippen LogP contribution in [0.2, 0.25) is 0 Å². The van der Waals surface area contributed by atoms with E-state index in [2.05, 4.69) is 58.8 Å². The summed E-state index contributed by atoms with van der Waals surface area (Å²) in [5, 5.41) is 3.39. The van der Waals surface area contributed by atoms with E-state index in [1.54, 1.807) is 0 Å². The molecule has 0 aliphatic rings. The Bertz CT molecular complexity index is 897. The van der Waals surface area contributed by atoms with Crippen molar-refractivity contribution in [1.29, 1.82) is 0 Å². The van der Waals surface area contributed by atoms with Crippen LogP contribution in [0, 0.1) is 3.57 Å². The first-order valence-electron chi connectivity index (χ1n) is 8.98. The van der Waals surface area contributed by atoms with E-state index in [-0.39, 0.29) is 5.78 Å². The molecule has 27 heavy (non-hydrogen) atoms. The number of benzene rings is 3. The number of carbonyl (C=O) groups is 1. The molecule has 0 radical (unpaired) electrons. The number of hydrogen-bond acceptors (Lipinski definition) is 2. The first kappa shape index (κ1) is 19.5. The fraction of sp³-hybridized carbons (Fsp3) is 0.125. The van der Waals surface area contributed by atoms with Crippen molar-refractivity contribution in [2.24, 2.45) is 0 Å². The van der Waals surface area contributed by atoms with Gasteiger partial charge < -0.3 is 5.32 Å². The van der Waals surface area contributed by atoms with Gasteiger partial charge in [0.2, 0.25) is 0 Å². The molecule has 0 saturated carbocycles. The third-order valence-electron chi connectivity index (χ3n) is 4.40. The van der Waals surface area contributed by atoms with Gasteiger partial charge in [-0.15, -0.1) is 6.58 Å². The normalized spacial score (nSPS) is 10.6. The number of rotatable bonds is 8. The Labute approximate surface area is 174 Å². The Morgan fingerprint density at radius 1 is 0.852 bits per heavy atom. The van der Waals surface area contributed by atoms with Crippen molar-refractivity contribution in [3.8, 4) is 11.1 Å². The average Bonchev–Trinajstić information content (AvgIpc) is 2.72. The molecular formula is C24H22INO. The molecule has 136 valence electrons. The lowest BCUT2D eigenvalue weighted by Gasteiger charge is -2.07. The van der Waals surface area contributed by atoms with Gasteiger partial charge in [-0.3, -0.25) is 4.79 Å². The second kappa shape index (κ2) is 9.62. The van der Waals surface area contributed by atoms with Gasteiger partial charge in [-0.25, -0.2) is 0 Å². The number of halogens is 1. The van der Waals surface area contributed by atoms with Gasteiger partial charge in [-0.2, -0.15) is 0 Å². The molecule has 0 heterocycles. The van der Waals surface area contributed by atoms with E-state index in [0.717, 1.165) is 39.8 Å². The van der Waals surface area contributed by atoms with Crippen molar-refractivity contribution < 1.29 is 4.79 Å². The summed E-state index contributed by atoms with van der Waals surface area (Å²) >= 11 is 2.24. The van der Waals surface area contributed by atoms with E-state index >= 15 is 0 Å². The Morgan fingerprint density at radius 2 is 1.37 bits per heavy atom. The van der Waals surface area contributed by atoms with Gasteiger partial charge in [0.1, 0.15) is 0 Å². The van der Waals surface area contributed by atoms with E-state index in [1.165, 1.54) is 5.56 Å². The summed E-state index contributed by atoms with van der Waals surface area (Å²) in [6, 6.07) is 24.0. The highest BCUT2D eigenvalue weighted by molar-refractivity contribution is 14.1. The first-order valence-corrected chi connectivity index (χ1v) is 10.1. The third kappa shape index (κ3) is 5.37. The fourth-order valence-corrected chi connectivity index (χ4v) is 3.19. The second-order valence-corrected chi connectivity index (χ2v) is 7.61. The maximum atomic E-state index is 12.6. The Morgan fingerprint density at radius 3 is 1.93 bits per heavy atom. The Hall–Kier alpha value is -2.24. The lowest BCUT2D eigenvalue weighted by atomic mass is 9.99. The molecule has 3 rings (SSSR count). The Balaban J connectivity index is 1.67. The third-order valence-corrected chi connectivity index (χ3v) is 5.11. The average molecular weight is 467 g/mol. The molecule has 0 amide bonds. The number of hydrogen-bond donors (Lipinski definition) is 1. The number of ketones is 1. The topological polar surface area (TPSA) is 29.1 Å². The van der Waals surface area contributed by atoms with Crippen LogP contribution in [0.1, 0.15) is 27.9 Å².